The molecule has 2 aromatic rings. The van der Waals surface area contributed by atoms with Gasteiger partial charge in [0.25, 0.3) is 11.6 Å². The summed E-state index contributed by atoms with van der Waals surface area (Å²) in [6, 6.07) is 9.28. The van der Waals surface area contributed by atoms with Gasteiger partial charge in [0.2, 0.25) is 5.91 Å². The van der Waals surface area contributed by atoms with Gasteiger partial charge in [-0.15, -0.1) is 0 Å². The Labute approximate surface area is 196 Å². The van der Waals surface area contributed by atoms with Gasteiger partial charge in [0, 0.05) is 25.2 Å². The monoisotopic (exact) mass is 470 g/mol. The molecule has 0 spiro atoms. The number of methoxy groups -OCH3 is 1. The van der Waals surface area contributed by atoms with Gasteiger partial charge >= 0.3 is 5.97 Å². The van der Waals surface area contributed by atoms with Crippen molar-refractivity contribution in [3.63, 3.8) is 0 Å². The van der Waals surface area contributed by atoms with E-state index in [0.717, 1.165) is 37.6 Å². The van der Waals surface area contributed by atoms with E-state index in [1.54, 1.807) is 12.1 Å². The summed E-state index contributed by atoms with van der Waals surface area (Å²) in [5, 5.41) is 16.2. The van der Waals surface area contributed by atoms with Crippen LogP contribution in [-0.2, 0) is 14.3 Å². The molecular weight excluding hydrogens is 444 g/mol. The average molecular weight is 470 g/mol. The molecule has 1 heterocycles. The second kappa shape index (κ2) is 11.1. The van der Waals surface area contributed by atoms with E-state index in [1.807, 2.05) is 17.9 Å². The highest BCUT2D eigenvalue weighted by molar-refractivity contribution is 5.99. The Kier molecular flexibility index (Phi) is 8.01. The predicted octanol–water partition coefficient (Wildman–Crippen LogP) is 2.42. The molecule has 34 heavy (non-hydrogen) atoms. The summed E-state index contributed by atoms with van der Waals surface area (Å²) in [7, 11) is 1.48. The summed E-state index contributed by atoms with van der Waals surface area (Å²) in [5.74, 6) is -1.55. The summed E-state index contributed by atoms with van der Waals surface area (Å²) in [6.45, 7) is 2.33. The van der Waals surface area contributed by atoms with Crippen LogP contribution in [0.15, 0.2) is 36.4 Å². The van der Waals surface area contributed by atoms with Crippen LogP contribution in [0.25, 0.3) is 0 Å². The van der Waals surface area contributed by atoms with Crippen molar-refractivity contribution in [2.45, 2.75) is 19.8 Å². The van der Waals surface area contributed by atoms with Crippen LogP contribution in [0.5, 0.6) is 5.75 Å². The standard InChI is InChI=1S/C23H26N4O7/c1-15-5-8-20(33-2)18(11-15)25-21(28)13-24-22(29)14-34-23(30)17-12-16(27(31)32)6-7-19(17)26-9-3-4-10-26/h5-8,11-12H,3-4,9-10,13-14H2,1-2H3,(H,24,29)(H,25,28). The number of carbonyl (C=O) groups is 3. The van der Waals surface area contributed by atoms with E-state index in [2.05, 4.69) is 10.6 Å². The number of rotatable bonds is 9. The SMILES string of the molecule is COc1ccc(C)cc1NC(=O)CNC(=O)COC(=O)c1cc([N+](=O)[O-])ccc1N1CCCC1. The van der Waals surface area contributed by atoms with Crippen molar-refractivity contribution in [2.75, 3.05) is 43.6 Å². The largest absolute Gasteiger partial charge is 0.495 e. The van der Waals surface area contributed by atoms with Crippen LogP contribution in [0.1, 0.15) is 28.8 Å². The van der Waals surface area contributed by atoms with Gasteiger partial charge in [0.15, 0.2) is 6.61 Å². The zero-order chi connectivity index (χ0) is 24.7. The molecular formula is C23H26N4O7. The Morgan fingerprint density at radius 2 is 1.82 bits per heavy atom. The first-order valence-electron chi connectivity index (χ1n) is 10.7. The van der Waals surface area contributed by atoms with Crippen LogP contribution in [0.3, 0.4) is 0 Å². The highest BCUT2D eigenvalue weighted by Gasteiger charge is 2.24. The number of hydrogen-bond donors (Lipinski definition) is 2. The maximum absolute atomic E-state index is 12.6. The van der Waals surface area contributed by atoms with Crippen molar-refractivity contribution in [1.82, 2.24) is 5.32 Å². The zero-order valence-electron chi connectivity index (χ0n) is 19.0. The molecule has 1 aliphatic heterocycles. The Bertz CT molecular complexity index is 1100. The summed E-state index contributed by atoms with van der Waals surface area (Å²) in [6.07, 6.45) is 1.90. The van der Waals surface area contributed by atoms with E-state index >= 15 is 0 Å². The number of benzene rings is 2. The van der Waals surface area contributed by atoms with E-state index in [-0.39, 0.29) is 17.8 Å². The van der Waals surface area contributed by atoms with Crippen molar-refractivity contribution in [3.8, 4) is 5.75 Å². The van der Waals surface area contributed by atoms with Crippen molar-refractivity contribution in [2.24, 2.45) is 0 Å². The average Bonchev–Trinajstić information content (AvgIpc) is 3.35. The zero-order valence-corrected chi connectivity index (χ0v) is 19.0. The topological polar surface area (TPSA) is 140 Å². The number of amides is 2. The first kappa shape index (κ1) is 24.5. The van der Waals surface area contributed by atoms with E-state index in [9.17, 15) is 24.5 Å². The Morgan fingerprint density at radius 1 is 1.09 bits per heavy atom. The third-order valence-corrected chi connectivity index (χ3v) is 5.27. The van der Waals surface area contributed by atoms with E-state index in [4.69, 9.17) is 9.47 Å². The lowest BCUT2D eigenvalue weighted by molar-refractivity contribution is -0.384. The molecule has 0 aliphatic carbocycles. The molecule has 3 rings (SSSR count). The molecule has 1 aliphatic rings. The van der Waals surface area contributed by atoms with Crippen molar-refractivity contribution in [3.05, 3.63) is 57.6 Å². The van der Waals surface area contributed by atoms with Gasteiger partial charge in [-0.2, -0.15) is 0 Å². The van der Waals surface area contributed by atoms with Crippen LogP contribution in [0, 0.1) is 17.0 Å². The van der Waals surface area contributed by atoms with Gasteiger partial charge in [0.1, 0.15) is 5.75 Å². The number of nitro groups is 1. The molecule has 0 bridgehead atoms. The van der Waals surface area contributed by atoms with Gasteiger partial charge in [-0.1, -0.05) is 6.07 Å². The number of hydrogen-bond acceptors (Lipinski definition) is 8. The minimum atomic E-state index is -0.852. The first-order valence-corrected chi connectivity index (χ1v) is 10.7. The summed E-state index contributed by atoms with van der Waals surface area (Å²) >= 11 is 0. The molecule has 2 amide bonds. The van der Waals surface area contributed by atoms with Crippen LogP contribution in [0.4, 0.5) is 17.1 Å². The number of carbonyl (C=O) groups excluding carboxylic acids is 3. The maximum atomic E-state index is 12.6. The molecule has 2 aromatic carbocycles. The van der Waals surface area contributed by atoms with E-state index in [1.165, 1.54) is 19.2 Å². The lowest BCUT2D eigenvalue weighted by Gasteiger charge is -2.20. The second-order valence-electron chi connectivity index (χ2n) is 7.76. The first-order chi connectivity index (χ1) is 16.3. The molecule has 0 radical (unpaired) electrons. The van der Waals surface area contributed by atoms with Gasteiger partial charge in [-0.25, -0.2) is 4.79 Å². The number of aryl methyl sites for hydroxylation is 1. The molecule has 0 atom stereocenters. The normalized spacial score (nSPS) is 12.7. The van der Waals surface area contributed by atoms with Crippen LogP contribution in [-0.4, -0.2) is 56.1 Å². The van der Waals surface area contributed by atoms with Gasteiger partial charge in [-0.05, 0) is 43.5 Å². The Hall–Kier alpha value is -4.15. The fraction of sp³-hybridized carbons (Fsp3) is 0.348. The number of nitrogens with zero attached hydrogens (tertiary/aromatic N) is 2. The highest BCUT2D eigenvalue weighted by atomic mass is 16.6. The van der Waals surface area contributed by atoms with Crippen molar-refractivity contribution in [1.29, 1.82) is 0 Å². The molecule has 11 nitrogen and oxygen atoms in total. The fourth-order valence-corrected chi connectivity index (χ4v) is 3.59. The molecule has 180 valence electrons. The Morgan fingerprint density at radius 3 is 2.50 bits per heavy atom. The van der Waals surface area contributed by atoms with Gasteiger partial charge in [-0.3, -0.25) is 19.7 Å². The number of nitro benzene ring substituents is 1. The predicted molar refractivity (Wildman–Crippen MR) is 124 cm³/mol. The third kappa shape index (κ3) is 6.21. The van der Waals surface area contributed by atoms with E-state index < -0.39 is 29.3 Å². The lowest BCUT2D eigenvalue weighted by Crippen LogP contribution is -2.35. The number of nitrogens with one attached hydrogen (secondary N) is 2. The molecule has 0 unspecified atom stereocenters. The summed E-state index contributed by atoms with van der Waals surface area (Å²) in [5.41, 5.74) is 1.69. The number of anilines is 2. The minimum absolute atomic E-state index is 0.0215. The van der Waals surface area contributed by atoms with Crippen LogP contribution >= 0.6 is 0 Å². The quantitative estimate of drug-likeness (QED) is 0.323. The number of esters is 1. The smallest absolute Gasteiger partial charge is 0.341 e. The van der Waals surface area contributed by atoms with Crippen LogP contribution in [0.2, 0.25) is 0 Å². The van der Waals surface area contributed by atoms with Crippen LogP contribution < -0.4 is 20.3 Å². The van der Waals surface area contributed by atoms with Gasteiger partial charge in [0.05, 0.1) is 35.5 Å². The molecule has 2 N–H and O–H groups in total. The van der Waals surface area contributed by atoms with Gasteiger partial charge < -0.3 is 25.0 Å². The lowest BCUT2D eigenvalue weighted by atomic mass is 10.1. The number of ether oxygens (including phenoxy) is 2. The third-order valence-electron chi connectivity index (χ3n) is 5.27. The minimum Gasteiger partial charge on any atom is -0.495 e. The molecule has 1 saturated heterocycles. The molecule has 0 aromatic heterocycles. The highest BCUT2D eigenvalue weighted by Crippen LogP contribution is 2.29. The van der Waals surface area contributed by atoms with E-state index in [0.29, 0.717) is 17.1 Å². The Balaban J connectivity index is 1.56. The molecule has 0 saturated carbocycles. The molecule has 11 heteroatoms. The maximum Gasteiger partial charge on any atom is 0.341 e. The van der Waals surface area contributed by atoms with Crippen molar-refractivity contribution >= 4 is 34.8 Å². The summed E-state index contributed by atoms with van der Waals surface area (Å²) in [4.78, 5) is 49.4. The number of non-ortho nitro benzene ring substituents is 1. The molecule has 1 fully saturated rings. The fourth-order valence-electron chi connectivity index (χ4n) is 3.59. The van der Waals surface area contributed by atoms with Crippen molar-refractivity contribution < 1.29 is 28.8 Å². The second-order valence-corrected chi connectivity index (χ2v) is 7.76. The summed E-state index contributed by atoms with van der Waals surface area (Å²) < 4.78 is 10.3.